The van der Waals surface area contributed by atoms with Gasteiger partial charge in [0.1, 0.15) is 18.2 Å². The Bertz CT molecular complexity index is 2240. The van der Waals surface area contributed by atoms with E-state index in [-0.39, 0.29) is 23.7 Å². The normalized spacial score (nSPS) is 14.0. The van der Waals surface area contributed by atoms with Crippen molar-refractivity contribution >= 4 is 16.8 Å². The van der Waals surface area contributed by atoms with Gasteiger partial charge < -0.3 is 14.2 Å². The topological polar surface area (TPSA) is 37.7 Å². The Labute approximate surface area is 316 Å². The van der Waals surface area contributed by atoms with E-state index < -0.39 is 0 Å². The van der Waals surface area contributed by atoms with E-state index in [9.17, 15) is 9.18 Å². The van der Waals surface area contributed by atoms with Crippen LogP contribution in [0, 0.1) is 5.82 Å². The highest BCUT2D eigenvalue weighted by molar-refractivity contribution is 5.87. The van der Waals surface area contributed by atoms with Crippen LogP contribution >= 0.6 is 0 Å². The molecule has 1 unspecified atom stereocenters. The number of para-hydroxylation sites is 1. The van der Waals surface area contributed by atoms with Crippen LogP contribution in [-0.2, 0) is 17.9 Å². The fraction of sp³-hybridized carbons (Fsp3) is 0.188. The molecule has 270 valence electrons. The van der Waals surface area contributed by atoms with Gasteiger partial charge in [-0.3, -0.25) is 9.69 Å². The van der Waals surface area contributed by atoms with Gasteiger partial charge in [-0.2, -0.15) is 0 Å². The van der Waals surface area contributed by atoms with E-state index in [0.717, 1.165) is 52.0 Å². The molecule has 5 nitrogen and oxygen atoms in total. The summed E-state index contributed by atoms with van der Waals surface area (Å²) >= 11 is 0. The van der Waals surface area contributed by atoms with Crippen LogP contribution < -0.4 is 4.74 Å². The fourth-order valence-corrected chi connectivity index (χ4v) is 7.86. The molecule has 0 N–H and O–H groups in total. The maximum atomic E-state index is 14.5. The van der Waals surface area contributed by atoms with Crippen molar-refractivity contribution in [2.24, 2.45) is 0 Å². The van der Waals surface area contributed by atoms with Crippen LogP contribution in [-0.4, -0.2) is 46.5 Å². The monoisotopic (exact) mass is 713 g/mol. The minimum Gasteiger partial charge on any atom is -0.489 e. The third-order valence-electron chi connectivity index (χ3n) is 10.6. The zero-order chi connectivity index (χ0) is 36.7. The molecule has 0 radical (unpaired) electrons. The minimum atomic E-state index is -0.249. The molecule has 8 rings (SSSR count). The summed E-state index contributed by atoms with van der Waals surface area (Å²) in [5.41, 5.74) is 7.82. The number of benzene rings is 6. The molecule has 6 aromatic carbocycles. The second-order valence-electron chi connectivity index (χ2n) is 14.1. The summed E-state index contributed by atoms with van der Waals surface area (Å²) in [6.45, 7) is 3.94. The Kier molecular flexibility index (Phi) is 10.6. The quantitative estimate of drug-likeness (QED) is 0.127. The van der Waals surface area contributed by atoms with E-state index in [1.54, 1.807) is 0 Å². The van der Waals surface area contributed by atoms with Gasteiger partial charge in [0.05, 0.1) is 6.04 Å². The summed E-state index contributed by atoms with van der Waals surface area (Å²) in [6, 6.07) is 54.9. The molecular formula is C48H44FN3O2. The van der Waals surface area contributed by atoms with E-state index in [1.807, 2.05) is 53.4 Å². The summed E-state index contributed by atoms with van der Waals surface area (Å²) in [6.07, 6.45) is 2.51. The van der Waals surface area contributed by atoms with Crippen molar-refractivity contribution in [3.05, 3.63) is 209 Å². The molecule has 1 amide bonds. The lowest BCUT2D eigenvalue weighted by molar-refractivity contribution is -0.133. The van der Waals surface area contributed by atoms with Gasteiger partial charge in [0.2, 0.25) is 5.91 Å². The smallest absolute Gasteiger partial charge is 0.223 e. The van der Waals surface area contributed by atoms with Gasteiger partial charge in [-0.15, -0.1) is 0 Å². The van der Waals surface area contributed by atoms with Crippen molar-refractivity contribution in [3.8, 4) is 5.75 Å². The van der Waals surface area contributed by atoms with Crippen LogP contribution in [0.4, 0.5) is 4.39 Å². The predicted molar refractivity (Wildman–Crippen MR) is 214 cm³/mol. The Hall–Kier alpha value is -5.98. The Morgan fingerprint density at radius 3 is 1.93 bits per heavy atom. The number of nitrogens with zero attached hydrogens (tertiary/aromatic N) is 3. The highest BCUT2D eigenvalue weighted by Gasteiger charge is 2.31. The molecule has 1 aromatic heterocycles. The largest absolute Gasteiger partial charge is 0.489 e. The first-order chi connectivity index (χ1) is 26.6. The molecular weight excluding hydrogens is 670 g/mol. The number of fused-ring (bicyclic) bond motifs is 1. The fourth-order valence-electron chi connectivity index (χ4n) is 7.86. The molecule has 1 atom stereocenters. The van der Waals surface area contributed by atoms with Gasteiger partial charge in [0, 0.05) is 62.2 Å². The summed E-state index contributed by atoms with van der Waals surface area (Å²) in [7, 11) is 0. The summed E-state index contributed by atoms with van der Waals surface area (Å²) in [5.74, 6) is 0.449. The van der Waals surface area contributed by atoms with Crippen LogP contribution in [0.3, 0.4) is 0 Å². The molecule has 1 fully saturated rings. The number of carbonyl (C=O) groups excluding carboxylic acids is 1. The number of carbonyl (C=O) groups is 1. The van der Waals surface area contributed by atoms with Crippen LogP contribution in [0.2, 0.25) is 0 Å². The zero-order valence-corrected chi connectivity index (χ0v) is 30.3. The van der Waals surface area contributed by atoms with Gasteiger partial charge in [-0.1, -0.05) is 133 Å². The molecule has 0 spiro atoms. The predicted octanol–water partition coefficient (Wildman–Crippen LogP) is 9.86. The van der Waals surface area contributed by atoms with Crippen molar-refractivity contribution in [1.82, 2.24) is 14.4 Å². The molecule has 0 aliphatic carbocycles. The number of amides is 1. The SMILES string of the molecule is O=C(CC(c1cccc(OCc2ccccc2)c1)c1cn(Cc2ccc(F)cc2)c2ccccc12)N1CCN(C(c2ccccc2)c2ccccc2)CC1. The Morgan fingerprint density at radius 1 is 0.630 bits per heavy atom. The van der Waals surface area contributed by atoms with Crippen molar-refractivity contribution in [3.63, 3.8) is 0 Å². The van der Waals surface area contributed by atoms with Gasteiger partial charge in [0.25, 0.3) is 0 Å². The molecule has 54 heavy (non-hydrogen) atoms. The summed E-state index contributed by atoms with van der Waals surface area (Å²) < 4.78 is 22.3. The summed E-state index contributed by atoms with van der Waals surface area (Å²) in [5, 5.41) is 1.10. The lowest BCUT2D eigenvalue weighted by Crippen LogP contribution is -2.50. The maximum absolute atomic E-state index is 14.5. The molecule has 6 heteroatoms. The van der Waals surface area contributed by atoms with E-state index in [2.05, 4.69) is 119 Å². The van der Waals surface area contributed by atoms with E-state index >= 15 is 0 Å². The molecule has 0 bridgehead atoms. The first-order valence-corrected chi connectivity index (χ1v) is 18.8. The Morgan fingerprint density at radius 2 is 1.24 bits per heavy atom. The van der Waals surface area contributed by atoms with Gasteiger partial charge in [-0.25, -0.2) is 4.39 Å². The third kappa shape index (κ3) is 7.99. The van der Waals surface area contributed by atoms with Crippen molar-refractivity contribution in [1.29, 1.82) is 0 Å². The van der Waals surface area contributed by atoms with Gasteiger partial charge in [-0.05, 0) is 63.7 Å². The van der Waals surface area contributed by atoms with E-state index in [4.69, 9.17) is 4.74 Å². The number of hydrogen-bond acceptors (Lipinski definition) is 3. The van der Waals surface area contributed by atoms with Crippen LogP contribution in [0.15, 0.2) is 170 Å². The average Bonchev–Trinajstić information content (AvgIpc) is 3.59. The van der Waals surface area contributed by atoms with Crippen molar-refractivity contribution < 1.29 is 13.9 Å². The lowest BCUT2D eigenvalue weighted by atomic mass is 9.87. The number of aromatic nitrogens is 1. The summed E-state index contributed by atoms with van der Waals surface area (Å²) in [4.78, 5) is 19.0. The third-order valence-corrected chi connectivity index (χ3v) is 10.6. The average molecular weight is 714 g/mol. The second kappa shape index (κ2) is 16.4. The highest BCUT2D eigenvalue weighted by Crippen LogP contribution is 2.37. The molecule has 2 heterocycles. The van der Waals surface area contributed by atoms with E-state index in [0.29, 0.717) is 32.7 Å². The van der Waals surface area contributed by atoms with Crippen LogP contribution in [0.1, 0.15) is 51.8 Å². The standard InChI is InChI=1S/C48H44FN3O2/c49-41-25-23-36(24-26-41)33-52-34-45(43-21-10-11-22-46(43)52)44(40-19-12-20-42(31-40)54-35-37-13-4-1-5-14-37)32-47(53)50-27-29-51(30-28-50)48(38-15-6-2-7-16-38)39-17-8-3-9-18-39/h1-26,31,34,44,48H,27-30,32-33,35H2. The lowest BCUT2D eigenvalue weighted by Gasteiger charge is -2.40. The molecule has 0 saturated carbocycles. The van der Waals surface area contributed by atoms with Crippen LogP contribution in [0.5, 0.6) is 5.75 Å². The molecule has 1 aliphatic rings. The number of ether oxygens (including phenoxy) is 1. The molecule has 1 aliphatic heterocycles. The van der Waals surface area contributed by atoms with Crippen molar-refractivity contribution in [2.75, 3.05) is 26.2 Å². The maximum Gasteiger partial charge on any atom is 0.223 e. The van der Waals surface area contributed by atoms with Gasteiger partial charge >= 0.3 is 0 Å². The van der Waals surface area contributed by atoms with Gasteiger partial charge in [0.15, 0.2) is 0 Å². The number of rotatable bonds is 12. The number of hydrogen-bond donors (Lipinski definition) is 0. The molecule has 7 aromatic rings. The van der Waals surface area contributed by atoms with Crippen LogP contribution in [0.25, 0.3) is 10.9 Å². The highest BCUT2D eigenvalue weighted by atomic mass is 19.1. The van der Waals surface area contributed by atoms with Crippen molar-refractivity contribution in [2.45, 2.75) is 31.5 Å². The first kappa shape index (κ1) is 35.1. The number of piperazine rings is 1. The molecule has 1 saturated heterocycles. The van der Waals surface area contributed by atoms with E-state index in [1.165, 1.54) is 23.3 Å². The minimum absolute atomic E-state index is 0.128. The second-order valence-corrected chi connectivity index (χ2v) is 14.1. The number of halogens is 1. The Balaban J connectivity index is 1.08. The zero-order valence-electron chi connectivity index (χ0n) is 30.3. The first-order valence-electron chi connectivity index (χ1n) is 18.8.